The van der Waals surface area contributed by atoms with E-state index in [2.05, 4.69) is 16.0 Å². The van der Waals surface area contributed by atoms with E-state index in [0.29, 0.717) is 43.5 Å². The van der Waals surface area contributed by atoms with E-state index >= 15 is 0 Å². The second kappa shape index (κ2) is 11.7. The molecule has 10 heteroatoms. The molecule has 3 aromatic rings. The molecule has 0 fully saturated rings. The fourth-order valence-electron chi connectivity index (χ4n) is 3.59. The maximum absolute atomic E-state index is 13.3. The predicted molar refractivity (Wildman–Crippen MR) is 150 cm³/mol. The monoisotopic (exact) mass is 554 g/mol. The average molecular weight is 555 g/mol. The van der Waals surface area contributed by atoms with Crippen LogP contribution in [-0.4, -0.2) is 29.3 Å². The summed E-state index contributed by atoms with van der Waals surface area (Å²) < 4.78 is 0. The summed E-state index contributed by atoms with van der Waals surface area (Å²) in [5, 5.41) is 9.33. The number of benzene rings is 3. The van der Waals surface area contributed by atoms with Gasteiger partial charge in [0.05, 0.1) is 10.7 Å². The van der Waals surface area contributed by atoms with Gasteiger partial charge < -0.3 is 16.0 Å². The van der Waals surface area contributed by atoms with E-state index in [1.165, 1.54) is 22.7 Å². The lowest BCUT2D eigenvalue weighted by molar-refractivity contribution is -0.137. The number of anilines is 3. The van der Waals surface area contributed by atoms with Gasteiger partial charge in [0.2, 0.25) is 0 Å². The number of urea groups is 1. The third-order valence-electron chi connectivity index (χ3n) is 5.21. The number of imide groups is 1. The third kappa shape index (κ3) is 6.65. The van der Waals surface area contributed by atoms with Crippen molar-refractivity contribution in [3.63, 3.8) is 0 Å². The van der Waals surface area contributed by atoms with E-state index in [-0.39, 0.29) is 23.4 Å². The molecule has 1 heterocycles. The number of para-hydroxylation sites is 1. The van der Waals surface area contributed by atoms with Crippen molar-refractivity contribution in [2.45, 2.75) is 18.7 Å². The van der Waals surface area contributed by atoms with Crippen LogP contribution in [0.15, 0.2) is 88.3 Å². The van der Waals surface area contributed by atoms with Crippen molar-refractivity contribution in [2.24, 2.45) is 5.92 Å². The van der Waals surface area contributed by atoms with Gasteiger partial charge in [-0.3, -0.25) is 14.5 Å². The van der Waals surface area contributed by atoms with Crippen molar-refractivity contribution >= 4 is 69.9 Å². The molecule has 4 amide bonds. The summed E-state index contributed by atoms with van der Waals surface area (Å²) in [6, 6.07) is 20.5. The third-order valence-corrected chi connectivity index (χ3v) is 6.83. The van der Waals surface area contributed by atoms with Crippen molar-refractivity contribution in [1.29, 1.82) is 0 Å². The standard InChI is InChI=1S/C27H24Cl2N4O3S/c1-16(2)15-33-25(34)23(30-18-7-4-3-5-8-18)24(26(33)35)37-20-10-6-9-19(14-20)31-27(36)32-22-12-11-17(28)13-21(22)29/h3-14,16,30H,15H2,1-2H3,(H2,31,32,36). The van der Waals surface area contributed by atoms with Gasteiger partial charge in [0.15, 0.2) is 0 Å². The normalized spacial score (nSPS) is 13.4. The number of nitrogens with zero attached hydrogens (tertiary/aromatic N) is 1. The molecular formula is C27H24Cl2N4O3S. The highest BCUT2D eigenvalue weighted by molar-refractivity contribution is 8.04. The first-order valence-corrected chi connectivity index (χ1v) is 13.0. The Balaban J connectivity index is 1.54. The number of carbonyl (C=O) groups excluding carboxylic acids is 3. The molecular weight excluding hydrogens is 531 g/mol. The van der Waals surface area contributed by atoms with Gasteiger partial charge >= 0.3 is 6.03 Å². The van der Waals surface area contributed by atoms with Gasteiger partial charge in [0, 0.05) is 27.8 Å². The van der Waals surface area contributed by atoms with Gasteiger partial charge in [-0.2, -0.15) is 0 Å². The molecule has 1 aliphatic rings. The quantitative estimate of drug-likeness (QED) is 0.259. The molecule has 3 aromatic carbocycles. The highest BCUT2D eigenvalue weighted by Gasteiger charge is 2.39. The molecule has 0 aromatic heterocycles. The Morgan fingerprint density at radius 1 is 0.892 bits per heavy atom. The zero-order valence-corrected chi connectivity index (χ0v) is 22.4. The van der Waals surface area contributed by atoms with Crippen LogP contribution < -0.4 is 16.0 Å². The summed E-state index contributed by atoms with van der Waals surface area (Å²) in [5.74, 6) is -0.593. The van der Waals surface area contributed by atoms with Gasteiger partial charge in [-0.05, 0) is 54.4 Å². The van der Waals surface area contributed by atoms with Gasteiger partial charge in [0.1, 0.15) is 10.6 Å². The van der Waals surface area contributed by atoms with Crippen LogP contribution in [0.3, 0.4) is 0 Å². The molecule has 7 nitrogen and oxygen atoms in total. The van der Waals surface area contributed by atoms with E-state index in [9.17, 15) is 14.4 Å². The summed E-state index contributed by atoms with van der Waals surface area (Å²) in [4.78, 5) is 41.2. The van der Waals surface area contributed by atoms with E-state index in [4.69, 9.17) is 23.2 Å². The highest BCUT2D eigenvalue weighted by Crippen LogP contribution is 2.37. The molecule has 0 atom stereocenters. The van der Waals surface area contributed by atoms with Crippen LogP contribution in [0.1, 0.15) is 13.8 Å². The number of hydrogen-bond acceptors (Lipinski definition) is 5. The van der Waals surface area contributed by atoms with Crippen LogP contribution in [0.5, 0.6) is 0 Å². The van der Waals surface area contributed by atoms with Crippen LogP contribution in [0.25, 0.3) is 0 Å². The van der Waals surface area contributed by atoms with Crippen molar-refractivity contribution < 1.29 is 14.4 Å². The lowest BCUT2D eigenvalue weighted by atomic mass is 10.2. The number of thioether (sulfide) groups is 1. The highest BCUT2D eigenvalue weighted by atomic mass is 35.5. The number of nitrogens with one attached hydrogen (secondary N) is 3. The summed E-state index contributed by atoms with van der Waals surface area (Å²) in [7, 11) is 0. The van der Waals surface area contributed by atoms with E-state index in [1.54, 1.807) is 36.4 Å². The Kier molecular flexibility index (Phi) is 8.43. The molecule has 3 N–H and O–H groups in total. The Morgan fingerprint density at radius 2 is 1.62 bits per heavy atom. The minimum Gasteiger partial charge on any atom is -0.350 e. The summed E-state index contributed by atoms with van der Waals surface area (Å²) in [5.41, 5.74) is 1.85. The molecule has 0 aliphatic carbocycles. The van der Waals surface area contributed by atoms with Crippen LogP contribution in [0.4, 0.5) is 21.9 Å². The summed E-state index contributed by atoms with van der Waals surface area (Å²) in [6.07, 6.45) is 0. The molecule has 0 radical (unpaired) electrons. The Bertz CT molecular complexity index is 1380. The van der Waals surface area contributed by atoms with Crippen LogP contribution in [0.2, 0.25) is 10.0 Å². The van der Waals surface area contributed by atoms with Crippen LogP contribution in [-0.2, 0) is 9.59 Å². The van der Waals surface area contributed by atoms with Gasteiger partial charge in [-0.1, -0.05) is 73.1 Å². The lowest BCUT2D eigenvalue weighted by Crippen LogP contribution is -2.35. The number of hydrogen-bond donors (Lipinski definition) is 3. The summed E-state index contributed by atoms with van der Waals surface area (Å²) >= 11 is 13.2. The van der Waals surface area contributed by atoms with Crippen molar-refractivity contribution in [3.8, 4) is 0 Å². The smallest absolute Gasteiger partial charge is 0.323 e. The Labute approximate surface area is 229 Å². The van der Waals surface area contributed by atoms with E-state index in [1.807, 2.05) is 44.2 Å². The maximum Gasteiger partial charge on any atom is 0.323 e. The minimum absolute atomic E-state index is 0.121. The van der Waals surface area contributed by atoms with Gasteiger partial charge in [-0.15, -0.1) is 0 Å². The SMILES string of the molecule is CC(C)CN1C(=O)C(Nc2ccccc2)=C(Sc2cccc(NC(=O)Nc3ccc(Cl)cc3Cl)c2)C1=O. The second-order valence-corrected chi connectivity index (χ2v) is 10.6. The molecule has 190 valence electrons. The first-order valence-electron chi connectivity index (χ1n) is 11.4. The van der Waals surface area contributed by atoms with Gasteiger partial charge in [-0.25, -0.2) is 4.79 Å². The zero-order chi connectivity index (χ0) is 26.5. The number of carbonyl (C=O) groups is 3. The van der Waals surface area contributed by atoms with Gasteiger partial charge in [0.25, 0.3) is 11.8 Å². The number of amides is 4. The van der Waals surface area contributed by atoms with Crippen LogP contribution in [0, 0.1) is 5.92 Å². The van der Waals surface area contributed by atoms with Crippen molar-refractivity contribution in [2.75, 3.05) is 22.5 Å². The zero-order valence-electron chi connectivity index (χ0n) is 20.0. The number of halogens is 2. The predicted octanol–water partition coefficient (Wildman–Crippen LogP) is 7.08. The first kappa shape index (κ1) is 26.6. The minimum atomic E-state index is -0.493. The fraction of sp³-hybridized carbons (Fsp3) is 0.148. The Hall–Kier alpha value is -3.46. The topological polar surface area (TPSA) is 90.5 Å². The lowest BCUT2D eigenvalue weighted by Gasteiger charge is -2.17. The van der Waals surface area contributed by atoms with E-state index < -0.39 is 6.03 Å². The molecule has 37 heavy (non-hydrogen) atoms. The molecule has 0 saturated heterocycles. The van der Waals surface area contributed by atoms with Crippen molar-refractivity contribution in [1.82, 2.24) is 4.90 Å². The van der Waals surface area contributed by atoms with E-state index in [0.717, 1.165) is 0 Å². The molecule has 0 saturated carbocycles. The molecule has 0 bridgehead atoms. The van der Waals surface area contributed by atoms with Crippen LogP contribution >= 0.6 is 35.0 Å². The molecule has 0 unspecified atom stereocenters. The fourth-order valence-corrected chi connectivity index (χ4v) is 5.05. The maximum atomic E-state index is 13.3. The molecule has 1 aliphatic heterocycles. The summed E-state index contributed by atoms with van der Waals surface area (Å²) in [6.45, 7) is 4.22. The first-order chi connectivity index (χ1) is 17.7. The molecule has 4 rings (SSSR count). The Morgan fingerprint density at radius 3 is 2.32 bits per heavy atom. The van der Waals surface area contributed by atoms with Crippen molar-refractivity contribution in [3.05, 3.63) is 93.4 Å². The number of rotatable bonds is 8. The molecule has 0 spiro atoms. The second-order valence-electron chi connectivity index (χ2n) is 8.64. The average Bonchev–Trinajstić information content (AvgIpc) is 3.05. The largest absolute Gasteiger partial charge is 0.350 e.